The Balaban J connectivity index is 2.01. The maximum Gasteiger partial charge on any atom is 0.356 e. The molecule has 2 heterocycles. The SMILES string of the molecule is CC(=O)c1sc(NCCc2ccncc2)nc1C(=O)O. The molecule has 0 aliphatic carbocycles. The van der Waals surface area contributed by atoms with Gasteiger partial charge in [-0.1, -0.05) is 11.3 Å². The van der Waals surface area contributed by atoms with E-state index in [1.54, 1.807) is 12.4 Å². The second-order valence-corrected chi connectivity index (χ2v) is 5.09. The van der Waals surface area contributed by atoms with Crippen LogP contribution in [0.1, 0.15) is 32.6 Å². The number of ketones is 1. The minimum absolute atomic E-state index is 0.170. The lowest BCUT2D eigenvalue weighted by molar-refractivity contribution is 0.0687. The number of hydrogen-bond donors (Lipinski definition) is 2. The summed E-state index contributed by atoms with van der Waals surface area (Å²) in [5.74, 6) is -1.48. The number of aromatic carboxylic acids is 1. The molecule has 2 aromatic heterocycles. The normalized spacial score (nSPS) is 10.2. The van der Waals surface area contributed by atoms with E-state index in [1.165, 1.54) is 6.92 Å². The standard InChI is InChI=1S/C13H13N3O3S/c1-8(17)11-10(12(18)19)16-13(20-11)15-7-4-9-2-5-14-6-3-9/h2-3,5-6H,4,7H2,1H3,(H,15,16)(H,18,19). The van der Waals surface area contributed by atoms with Crippen molar-refractivity contribution in [2.75, 3.05) is 11.9 Å². The third-order valence-corrected chi connectivity index (χ3v) is 3.70. The maximum absolute atomic E-state index is 11.4. The molecule has 0 aliphatic rings. The van der Waals surface area contributed by atoms with Crippen LogP contribution in [0, 0.1) is 0 Å². The van der Waals surface area contributed by atoms with Gasteiger partial charge in [0, 0.05) is 25.9 Å². The predicted octanol–water partition coefficient (Wildman–Crippen LogP) is 2.09. The summed E-state index contributed by atoms with van der Waals surface area (Å²) >= 11 is 1.07. The van der Waals surface area contributed by atoms with Gasteiger partial charge in [0.2, 0.25) is 0 Å². The van der Waals surface area contributed by atoms with Gasteiger partial charge in [0.15, 0.2) is 16.6 Å². The molecule has 104 valence electrons. The van der Waals surface area contributed by atoms with Gasteiger partial charge in [0.1, 0.15) is 4.88 Å². The van der Waals surface area contributed by atoms with Crippen LogP contribution in [0.15, 0.2) is 24.5 Å². The Morgan fingerprint density at radius 1 is 1.35 bits per heavy atom. The van der Waals surface area contributed by atoms with Crippen LogP contribution in [0.25, 0.3) is 0 Å². The molecule has 6 nitrogen and oxygen atoms in total. The van der Waals surface area contributed by atoms with E-state index in [1.807, 2.05) is 12.1 Å². The van der Waals surface area contributed by atoms with E-state index in [0.29, 0.717) is 11.7 Å². The summed E-state index contributed by atoms with van der Waals surface area (Å²) in [6, 6.07) is 3.82. The number of Topliss-reactive ketones (excluding diaryl/α,β-unsaturated/α-hetero) is 1. The van der Waals surface area contributed by atoms with Crippen LogP contribution >= 0.6 is 11.3 Å². The van der Waals surface area contributed by atoms with Gasteiger partial charge in [-0.25, -0.2) is 9.78 Å². The number of aromatic nitrogens is 2. The minimum atomic E-state index is -1.19. The van der Waals surface area contributed by atoms with Crippen molar-refractivity contribution < 1.29 is 14.7 Å². The fraction of sp³-hybridized carbons (Fsp3) is 0.231. The fourth-order valence-corrected chi connectivity index (χ4v) is 2.52. The molecule has 0 aliphatic heterocycles. The Morgan fingerprint density at radius 2 is 2.05 bits per heavy atom. The molecule has 0 radical (unpaired) electrons. The first kappa shape index (κ1) is 14.1. The number of thiazole rings is 1. The van der Waals surface area contributed by atoms with Crippen molar-refractivity contribution in [1.29, 1.82) is 0 Å². The monoisotopic (exact) mass is 291 g/mol. The van der Waals surface area contributed by atoms with E-state index in [4.69, 9.17) is 5.11 Å². The van der Waals surface area contributed by atoms with Gasteiger partial charge in [-0.05, 0) is 24.1 Å². The zero-order valence-corrected chi connectivity index (χ0v) is 11.6. The second kappa shape index (κ2) is 6.25. The first-order valence-electron chi connectivity index (χ1n) is 5.95. The Morgan fingerprint density at radius 3 is 2.60 bits per heavy atom. The number of carbonyl (C=O) groups excluding carboxylic acids is 1. The average Bonchev–Trinajstić information content (AvgIpc) is 2.85. The van der Waals surface area contributed by atoms with Crippen LogP contribution in [-0.2, 0) is 6.42 Å². The van der Waals surface area contributed by atoms with E-state index >= 15 is 0 Å². The molecule has 20 heavy (non-hydrogen) atoms. The molecule has 0 saturated carbocycles. The third kappa shape index (κ3) is 3.39. The molecule has 2 N–H and O–H groups in total. The zero-order valence-electron chi connectivity index (χ0n) is 10.8. The largest absolute Gasteiger partial charge is 0.476 e. The lowest BCUT2D eigenvalue weighted by Gasteiger charge is -2.02. The Hall–Kier alpha value is -2.28. The molecular formula is C13H13N3O3S. The quantitative estimate of drug-likeness (QED) is 0.792. The number of nitrogens with one attached hydrogen (secondary N) is 1. The number of nitrogens with zero attached hydrogens (tertiary/aromatic N) is 2. The number of carboxylic acids is 1. The zero-order chi connectivity index (χ0) is 14.5. The van der Waals surface area contributed by atoms with Gasteiger partial charge in [-0.15, -0.1) is 0 Å². The highest BCUT2D eigenvalue weighted by molar-refractivity contribution is 7.17. The second-order valence-electron chi connectivity index (χ2n) is 4.09. The van der Waals surface area contributed by atoms with Gasteiger partial charge in [0.05, 0.1) is 0 Å². The highest BCUT2D eigenvalue weighted by atomic mass is 32.1. The van der Waals surface area contributed by atoms with E-state index in [0.717, 1.165) is 23.3 Å². The molecule has 0 fully saturated rings. The molecule has 2 rings (SSSR count). The molecule has 0 bridgehead atoms. The van der Waals surface area contributed by atoms with Crippen molar-refractivity contribution in [3.8, 4) is 0 Å². The first-order chi connectivity index (χ1) is 9.58. The molecule has 2 aromatic rings. The van der Waals surface area contributed by atoms with Crippen LogP contribution in [0.5, 0.6) is 0 Å². The molecule has 0 unspecified atom stereocenters. The Kier molecular flexibility index (Phi) is 4.41. The summed E-state index contributed by atoms with van der Waals surface area (Å²) in [6.07, 6.45) is 4.20. The van der Waals surface area contributed by atoms with E-state index < -0.39 is 5.97 Å². The van der Waals surface area contributed by atoms with Gasteiger partial charge in [-0.2, -0.15) is 0 Å². The van der Waals surface area contributed by atoms with Crippen molar-refractivity contribution in [3.05, 3.63) is 40.7 Å². The van der Waals surface area contributed by atoms with E-state index in [-0.39, 0.29) is 16.4 Å². The summed E-state index contributed by atoms with van der Waals surface area (Å²) in [4.78, 5) is 30.4. The smallest absolute Gasteiger partial charge is 0.356 e. The van der Waals surface area contributed by atoms with Crippen molar-refractivity contribution in [1.82, 2.24) is 9.97 Å². The first-order valence-corrected chi connectivity index (χ1v) is 6.77. The number of anilines is 1. The van der Waals surface area contributed by atoms with Crippen molar-refractivity contribution in [3.63, 3.8) is 0 Å². The predicted molar refractivity (Wildman–Crippen MR) is 75.5 cm³/mol. The average molecular weight is 291 g/mol. The lowest BCUT2D eigenvalue weighted by atomic mass is 10.2. The van der Waals surface area contributed by atoms with E-state index in [2.05, 4.69) is 15.3 Å². The molecule has 7 heteroatoms. The van der Waals surface area contributed by atoms with Gasteiger partial charge in [-0.3, -0.25) is 9.78 Å². The fourth-order valence-electron chi connectivity index (χ4n) is 1.64. The number of carboxylic acid groups (broad SMARTS) is 1. The number of carbonyl (C=O) groups is 2. The van der Waals surface area contributed by atoms with Gasteiger partial charge < -0.3 is 10.4 Å². The maximum atomic E-state index is 11.4. The number of hydrogen-bond acceptors (Lipinski definition) is 6. The van der Waals surface area contributed by atoms with Crippen LogP contribution in [0.2, 0.25) is 0 Å². The van der Waals surface area contributed by atoms with Crippen LogP contribution in [-0.4, -0.2) is 33.4 Å². The number of pyridine rings is 1. The Bertz CT molecular complexity index is 594. The highest BCUT2D eigenvalue weighted by Crippen LogP contribution is 2.23. The molecule has 0 saturated heterocycles. The lowest BCUT2D eigenvalue weighted by Crippen LogP contribution is -2.06. The summed E-state index contributed by atoms with van der Waals surface area (Å²) in [5.41, 5.74) is 0.934. The van der Waals surface area contributed by atoms with E-state index in [9.17, 15) is 9.59 Å². The van der Waals surface area contributed by atoms with Crippen LogP contribution < -0.4 is 5.32 Å². The van der Waals surface area contributed by atoms with Gasteiger partial charge >= 0.3 is 5.97 Å². The van der Waals surface area contributed by atoms with Crippen LogP contribution in [0.3, 0.4) is 0 Å². The molecule has 0 spiro atoms. The Labute approximate surface area is 119 Å². The van der Waals surface area contributed by atoms with Crippen molar-refractivity contribution in [2.24, 2.45) is 0 Å². The minimum Gasteiger partial charge on any atom is -0.476 e. The number of rotatable bonds is 6. The third-order valence-electron chi connectivity index (χ3n) is 2.59. The molecule has 0 amide bonds. The summed E-state index contributed by atoms with van der Waals surface area (Å²) < 4.78 is 0. The summed E-state index contributed by atoms with van der Waals surface area (Å²) in [7, 11) is 0. The molecule has 0 atom stereocenters. The highest BCUT2D eigenvalue weighted by Gasteiger charge is 2.20. The van der Waals surface area contributed by atoms with Crippen molar-refractivity contribution in [2.45, 2.75) is 13.3 Å². The van der Waals surface area contributed by atoms with Gasteiger partial charge in [0.25, 0.3) is 0 Å². The topological polar surface area (TPSA) is 92.2 Å². The summed E-state index contributed by atoms with van der Waals surface area (Å²) in [6.45, 7) is 1.94. The van der Waals surface area contributed by atoms with Crippen LogP contribution in [0.4, 0.5) is 5.13 Å². The van der Waals surface area contributed by atoms with Crippen molar-refractivity contribution >= 4 is 28.2 Å². The molecule has 0 aromatic carbocycles. The summed E-state index contributed by atoms with van der Waals surface area (Å²) in [5, 5.41) is 12.5. The molecular weight excluding hydrogens is 278 g/mol.